The van der Waals surface area contributed by atoms with E-state index in [1.165, 1.54) is 11.8 Å². The number of fused-ring (bicyclic) bond motifs is 2. The van der Waals surface area contributed by atoms with Crippen LogP contribution in [0.3, 0.4) is 0 Å². The average molecular weight is 373 g/mol. The fourth-order valence-electron chi connectivity index (χ4n) is 2.93. The molecule has 1 amide bonds. The number of rotatable bonds is 6. The van der Waals surface area contributed by atoms with E-state index >= 15 is 0 Å². The summed E-state index contributed by atoms with van der Waals surface area (Å²) in [7, 11) is 0. The molecule has 0 fully saturated rings. The number of hydrogen-bond donors (Lipinski definition) is 3. The summed E-state index contributed by atoms with van der Waals surface area (Å²) in [6, 6.07) is 5.76. The Hall–Kier alpha value is -2.52. The van der Waals surface area contributed by atoms with Crippen LogP contribution in [-0.2, 0) is 11.2 Å². The van der Waals surface area contributed by atoms with Crippen molar-refractivity contribution in [2.24, 2.45) is 0 Å². The highest BCUT2D eigenvalue weighted by Crippen LogP contribution is 2.34. The van der Waals surface area contributed by atoms with Crippen molar-refractivity contribution >= 4 is 29.1 Å². The van der Waals surface area contributed by atoms with Gasteiger partial charge >= 0.3 is 0 Å². The summed E-state index contributed by atoms with van der Waals surface area (Å²) in [4.78, 5) is 11.5. The zero-order valence-corrected chi connectivity index (χ0v) is 15.1. The van der Waals surface area contributed by atoms with Gasteiger partial charge in [-0.25, -0.2) is 4.68 Å². The van der Waals surface area contributed by atoms with E-state index in [4.69, 9.17) is 4.74 Å². The van der Waals surface area contributed by atoms with Crippen LogP contribution in [0.15, 0.2) is 28.8 Å². The van der Waals surface area contributed by atoms with Crippen LogP contribution in [0.1, 0.15) is 30.7 Å². The number of amides is 1. The quantitative estimate of drug-likeness (QED) is 0.657. The Bertz CT molecular complexity index is 863. The van der Waals surface area contributed by atoms with E-state index in [1.807, 2.05) is 28.3 Å². The van der Waals surface area contributed by atoms with E-state index in [-0.39, 0.29) is 12.5 Å². The van der Waals surface area contributed by atoms with Crippen LogP contribution >= 0.6 is 11.8 Å². The smallest absolute Gasteiger partial charge is 0.262 e. The highest BCUT2D eigenvalue weighted by atomic mass is 32.2. The van der Waals surface area contributed by atoms with Crippen LogP contribution in [0.2, 0.25) is 0 Å². The number of carbonyl (C=O) groups is 1. The fourth-order valence-corrected chi connectivity index (χ4v) is 3.69. The predicted octanol–water partition coefficient (Wildman–Crippen LogP) is 1.21. The van der Waals surface area contributed by atoms with Gasteiger partial charge in [0.25, 0.3) is 5.91 Å². The highest BCUT2D eigenvalue weighted by Gasteiger charge is 2.21. The molecule has 0 spiro atoms. The second-order valence-electron chi connectivity index (χ2n) is 6.21. The summed E-state index contributed by atoms with van der Waals surface area (Å²) < 4.78 is 7.36. The van der Waals surface area contributed by atoms with Gasteiger partial charge in [0.05, 0.1) is 17.9 Å². The Kier molecular flexibility index (Phi) is 4.81. The van der Waals surface area contributed by atoms with E-state index in [9.17, 15) is 4.79 Å². The number of anilines is 1. The summed E-state index contributed by atoms with van der Waals surface area (Å²) in [5.74, 6) is 1.48. The van der Waals surface area contributed by atoms with Crippen molar-refractivity contribution in [1.29, 1.82) is 0 Å². The maximum absolute atomic E-state index is 11.5. The first kappa shape index (κ1) is 16.9. The van der Waals surface area contributed by atoms with E-state index in [2.05, 4.69) is 26.7 Å². The van der Waals surface area contributed by atoms with Gasteiger partial charge in [0, 0.05) is 17.4 Å². The molecule has 9 heteroatoms. The number of quaternary nitrogens is 1. The van der Waals surface area contributed by atoms with Gasteiger partial charge in [0.15, 0.2) is 12.4 Å². The molecule has 0 radical (unpaired) electrons. The molecule has 2 aliphatic heterocycles. The van der Waals surface area contributed by atoms with Crippen molar-refractivity contribution in [2.75, 3.05) is 23.9 Å². The molecule has 2 aromatic rings. The van der Waals surface area contributed by atoms with Crippen molar-refractivity contribution in [3.05, 3.63) is 35.0 Å². The third-order valence-electron chi connectivity index (χ3n) is 4.29. The molecular weight excluding hydrogens is 352 g/mol. The molecule has 26 heavy (non-hydrogen) atoms. The summed E-state index contributed by atoms with van der Waals surface area (Å²) in [5, 5.41) is 14.2. The topological polar surface area (TPSA) is 109 Å². The molecule has 1 aromatic carbocycles. The van der Waals surface area contributed by atoms with Gasteiger partial charge in [-0.05, 0) is 37.5 Å². The number of nitrogens with zero attached hydrogens (tertiary/aromatic N) is 3. The van der Waals surface area contributed by atoms with Crippen LogP contribution in [0.25, 0.3) is 5.70 Å². The number of aromatic nitrogens is 3. The lowest BCUT2D eigenvalue weighted by Gasteiger charge is -2.22. The number of thioether (sulfide) groups is 1. The van der Waals surface area contributed by atoms with Crippen LogP contribution in [0, 0.1) is 0 Å². The average Bonchev–Trinajstić information content (AvgIpc) is 3.07. The van der Waals surface area contributed by atoms with Gasteiger partial charge in [-0.3, -0.25) is 10.2 Å². The molecule has 8 nitrogen and oxygen atoms in total. The molecule has 0 atom stereocenters. The Morgan fingerprint density at radius 3 is 3.08 bits per heavy atom. The van der Waals surface area contributed by atoms with Crippen LogP contribution < -0.4 is 21.2 Å². The second-order valence-corrected chi connectivity index (χ2v) is 7.04. The minimum Gasteiger partial charge on any atom is -0.482 e. The largest absolute Gasteiger partial charge is 0.482 e. The van der Waals surface area contributed by atoms with Gasteiger partial charge in [0.1, 0.15) is 5.75 Å². The van der Waals surface area contributed by atoms with E-state index in [0.717, 1.165) is 54.5 Å². The van der Waals surface area contributed by atoms with Crippen molar-refractivity contribution in [3.63, 3.8) is 0 Å². The first-order valence-electron chi connectivity index (χ1n) is 8.69. The highest BCUT2D eigenvalue weighted by molar-refractivity contribution is 8.02. The lowest BCUT2D eigenvalue weighted by atomic mass is 10.1. The zero-order chi connectivity index (χ0) is 17.9. The minimum atomic E-state index is -0.139. The second kappa shape index (κ2) is 7.38. The lowest BCUT2D eigenvalue weighted by molar-refractivity contribution is -0.368. The molecule has 0 bridgehead atoms. The van der Waals surface area contributed by atoms with Gasteiger partial charge in [0.2, 0.25) is 5.16 Å². The molecule has 5 N–H and O–H groups in total. The first-order valence-corrected chi connectivity index (χ1v) is 9.57. The van der Waals surface area contributed by atoms with Gasteiger partial charge in [-0.15, -0.1) is 10.2 Å². The Labute approximate surface area is 155 Å². The minimum absolute atomic E-state index is 0.0602. The zero-order valence-electron chi connectivity index (χ0n) is 14.3. The van der Waals surface area contributed by atoms with E-state index in [1.54, 1.807) is 0 Å². The fraction of sp³-hybridized carbons (Fsp3) is 0.353. The number of nitrogens with one attached hydrogen (secondary N) is 2. The molecule has 0 unspecified atom stereocenters. The van der Waals surface area contributed by atoms with Crippen LogP contribution in [0.4, 0.5) is 5.69 Å². The van der Waals surface area contributed by atoms with Crippen LogP contribution in [-0.4, -0.2) is 33.9 Å². The van der Waals surface area contributed by atoms with Gasteiger partial charge in [-0.2, -0.15) is 0 Å². The van der Waals surface area contributed by atoms with Crippen molar-refractivity contribution in [1.82, 2.24) is 14.9 Å². The SMILES string of the molecule is [NH3+]CCCCCc1nnc2n1NC(c1ccc3c(c1)NC(=O)CO3)=CS2. The summed E-state index contributed by atoms with van der Waals surface area (Å²) in [6.45, 7) is 1.03. The number of carbonyl (C=O) groups excluding carboxylic acids is 1. The Morgan fingerprint density at radius 2 is 2.19 bits per heavy atom. The Morgan fingerprint density at radius 1 is 1.27 bits per heavy atom. The summed E-state index contributed by atoms with van der Waals surface area (Å²) >= 11 is 1.53. The van der Waals surface area contributed by atoms with Gasteiger partial charge in [-0.1, -0.05) is 11.8 Å². The van der Waals surface area contributed by atoms with Gasteiger partial charge < -0.3 is 15.8 Å². The van der Waals surface area contributed by atoms with E-state index in [0.29, 0.717) is 11.4 Å². The third kappa shape index (κ3) is 3.40. The molecular formula is C17H21N6O2S+. The number of benzene rings is 1. The molecule has 3 heterocycles. The monoisotopic (exact) mass is 373 g/mol. The van der Waals surface area contributed by atoms with Crippen molar-refractivity contribution < 1.29 is 15.3 Å². The normalized spacial score (nSPS) is 15.3. The number of hydrogen-bond acceptors (Lipinski definition) is 6. The molecule has 1 aromatic heterocycles. The van der Waals surface area contributed by atoms with Crippen LogP contribution in [0.5, 0.6) is 5.75 Å². The maximum Gasteiger partial charge on any atom is 0.262 e. The number of aryl methyl sites for hydroxylation is 1. The maximum atomic E-state index is 11.5. The lowest BCUT2D eigenvalue weighted by Crippen LogP contribution is -2.50. The molecule has 136 valence electrons. The number of unbranched alkanes of at least 4 members (excludes halogenated alkanes) is 2. The third-order valence-corrected chi connectivity index (χ3v) is 5.12. The van der Waals surface area contributed by atoms with Crippen molar-refractivity contribution in [3.8, 4) is 5.75 Å². The molecule has 0 aliphatic carbocycles. The predicted molar refractivity (Wildman–Crippen MR) is 99.1 cm³/mol. The molecule has 4 rings (SSSR count). The van der Waals surface area contributed by atoms with E-state index < -0.39 is 0 Å². The summed E-state index contributed by atoms with van der Waals surface area (Å²) in [6.07, 6.45) is 4.23. The molecule has 0 saturated carbocycles. The van der Waals surface area contributed by atoms with Crippen molar-refractivity contribution in [2.45, 2.75) is 30.8 Å². The Balaban J connectivity index is 1.51. The standard InChI is InChI=1S/C17H20N6O2S/c18-7-3-1-2-4-15-20-21-17-23(15)22-13(10-26-17)11-5-6-14-12(8-11)19-16(24)9-25-14/h5-6,8,10,22H,1-4,7,9,18H2,(H,19,24)/p+1. The molecule has 2 aliphatic rings. The summed E-state index contributed by atoms with van der Waals surface area (Å²) in [5.41, 5.74) is 9.85. The first-order chi connectivity index (χ1) is 12.7. The number of ether oxygens (including phenoxy) is 1. The molecule has 0 saturated heterocycles.